The zero-order chi connectivity index (χ0) is 19.1. The largest absolute Gasteiger partial charge is 0.496 e. The molecule has 0 aliphatic rings. The molecule has 0 amide bonds. The lowest BCUT2D eigenvalue weighted by molar-refractivity contribution is 0.104. The number of carbonyl (C=O) groups excluding carboxylic acids is 1. The number of nitrogens with one attached hydrogen (secondary N) is 1. The first-order valence-electron chi connectivity index (χ1n) is 8.72. The molecule has 0 unspecified atom stereocenters. The molecule has 2 aromatic carbocycles. The maximum absolute atomic E-state index is 13.5. The van der Waals surface area contributed by atoms with Crippen molar-refractivity contribution >= 4 is 16.8 Å². The summed E-state index contributed by atoms with van der Waals surface area (Å²) in [5.41, 5.74) is 5.64. The number of ether oxygens (including phenoxy) is 1. The SMILES string of the molecule is COc1cc(C(=O)c2c(-c3cn[nH]c3)oc3cc(C)ccc23)cc(C)c1C. The third-order valence-corrected chi connectivity index (χ3v) is 4.93. The summed E-state index contributed by atoms with van der Waals surface area (Å²) in [5.74, 6) is 1.12. The molecule has 4 rings (SSSR count). The van der Waals surface area contributed by atoms with Gasteiger partial charge in [0.2, 0.25) is 0 Å². The van der Waals surface area contributed by atoms with E-state index in [-0.39, 0.29) is 5.78 Å². The van der Waals surface area contributed by atoms with Gasteiger partial charge in [0.15, 0.2) is 5.78 Å². The topological polar surface area (TPSA) is 68.1 Å². The molecular formula is C22H20N2O3. The van der Waals surface area contributed by atoms with Crippen LogP contribution < -0.4 is 4.74 Å². The fourth-order valence-corrected chi connectivity index (χ4v) is 3.32. The van der Waals surface area contributed by atoms with Gasteiger partial charge >= 0.3 is 0 Å². The number of benzene rings is 2. The number of hydrogen-bond acceptors (Lipinski definition) is 4. The Kier molecular flexibility index (Phi) is 4.07. The van der Waals surface area contributed by atoms with Crippen molar-refractivity contribution in [2.75, 3.05) is 7.11 Å². The number of methoxy groups -OCH3 is 1. The molecule has 2 aromatic heterocycles. The Morgan fingerprint density at radius 1 is 1.15 bits per heavy atom. The van der Waals surface area contributed by atoms with Gasteiger partial charge < -0.3 is 9.15 Å². The number of aromatic nitrogens is 2. The molecule has 0 fully saturated rings. The third kappa shape index (κ3) is 2.81. The second-order valence-corrected chi connectivity index (χ2v) is 6.74. The lowest BCUT2D eigenvalue weighted by Crippen LogP contribution is -2.04. The van der Waals surface area contributed by atoms with E-state index < -0.39 is 0 Å². The molecule has 0 saturated heterocycles. The van der Waals surface area contributed by atoms with E-state index in [1.165, 1.54) is 0 Å². The molecule has 0 atom stereocenters. The summed E-state index contributed by atoms with van der Waals surface area (Å²) in [6.07, 6.45) is 3.38. The number of nitrogens with zero attached hydrogens (tertiary/aromatic N) is 1. The highest BCUT2D eigenvalue weighted by Crippen LogP contribution is 2.36. The summed E-state index contributed by atoms with van der Waals surface area (Å²) in [5, 5.41) is 7.57. The molecule has 0 aliphatic carbocycles. The Morgan fingerprint density at radius 3 is 2.67 bits per heavy atom. The van der Waals surface area contributed by atoms with Crippen LogP contribution in [0.25, 0.3) is 22.3 Å². The Balaban J connectivity index is 1.97. The summed E-state index contributed by atoms with van der Waals surface area (Å²) in [6.45, 7) is 5.95. The number of hydrogen-bond donors (Lipinski definition) is 1. The van der Waals surface area contributed by atoms with E-state index in [4.69, 9.17) is 9.15 Å². The number of ketones is 1. The molecule has 0 bridgehead atoms. The van der Waals surface area contributed by atoms with Crippen molar-refractivity contribution in [2.45, 2.75) is 20.8 Å². The van der Waals surface area contributed by atoms with Crippen LogP contribution in [-0.4, -0.2) is 23.1 Å². The molecule has 0 aliphatic heterocycles. The number of fused-ring (bicyclic) bond motifs is 1. The summed E-state index contributed by atoms with van der Waals surface area (Å²) < 4.78 is 11.5. The number of carbonyl (C=O) groups is 1. The molecule has 0 saturated carbocycles. The first-order valence-corrected chi connectivity index (χ1v) is 8.72. The smallest absolute Gasteiger partial charge is 0.197 e. The highest BCUT2D eigenvalue weighted by Gasteiger charge is 2.24. The fraction of sp³-hybridized carbons (Fsp3) is 0.182. The van der Waals surface area contributed by atoms with Crippen LogP contribution >= 0.6 is 0 Å². The third-order valence-electron chi connectivity index (χ3n) is 4.93. The van der Waals surface area contributed by atoms with Gasteiger partial charge in [0.05, 0.1) is 24.4 Å². The normalized spacial score (nSPS) is 11.1. The maximum Gasteiger partial charge on any atom is 0.197 e. The van der Waals surface area contributed by atoms with Gasteiger partial charge in [-0.3, -0.25) is 9.89 Å². The van der Waals surface area contributed by atoms with E-state index in [9.17, 15) is 4.79 Å². The van der Waals surface area contributed by atoms with Crippen molar-refractivity contribution in [3.05, 3.63) is 70.5 Å². The number of aryl methyl sites for hydroxylation is 2. The first-order chi connectivity index (χ1) is 13.0. The standard InChI is InChI=1S/C22H20N2O3/c1-12-5-6-17-19(7-12)27-22(16-10-23-24-11-16)20(17)21(25)15-8-13(2)14(3)18(9-15)26-4/h5-11H,1-4H3,(H,23,24). The molecule has 2 heterocycles. The van der Waals surface area contributed by atoms with E-state index in [0.29, 0.717) is 28.2 Å². The summed E-state index contributed by atoms with van der Waals surface area (Å²) in [7, 11) is 1.61. The Morgan fingerprint density at radius 2 is 1.96 bits per heavy atom. The second-order valence-electron chi connectivity index (χ2n) is 6.74. The zero-order valence-corrected chi connectivity index (χ0v) is 15.7. The minimum Gasteiger partial charge on any atom is -0.496 e. The van der Waals surface area contributed by atoms with E-state index in [2.05, 4.69) is 10.2 Å². The van der Waals surface area contributed by atoms with Gasteiger partial charge in [-0.15, -0.1) is 0 Å². The van der Waals surface area contributed by atoms with Crippen LogP contribution in [-0.2, 0) is 0 Å². The van der Waals surface area contributed by atoms with E-state index >= 15 is 0 Å². The van der Waals surface area contributed by atoms with E-state index in [1.807, 2.05) is 45.0 Å². The molecule has 136 valence electrons. The van der Waals surface area contributed by atoms with Crippen molar-refractivity contribution in [2.24, 2.45) is 0 Å². The van der Waals surface area contributed by atoms with Crippen LogP contribution in [0.1, 0.15) is 32.6 Å². The van der Waals surface area contributed by atoms with Crippen molar-refractivity contribution in [3.8, 4) is 17.1 Å². The van der Waals surface area contributed by atoms with Crippen LogP contribution in [0, 0.1) is 20.8 Å². The van der Waals surface area contributed by atoms with Gasteiger partial charge in [0.1, 0.15) is 17.1 Å². The number of H-pyrrole nitrogens is 1. The van der Waals surface area contributed by atoms with Gasteiger partial charge in [0.25, 0.3) is 0 Å². The summed E-state index contributed by atoms with van der Waals surface area (Å²) in [4.78, 5) is 13.5. The molecular weight excluding hydrogens is 340 g/mol. The fourth-order valence-electron chi connectivity index (χ4n) is 3.32. The average Bonchev–Trinajstić information content (AvgIpc) is 3.30. The van der Waals surface area contributed by atoms with Crippen LogP contribution in [0.3, 0.4) is 0 Å². The number of aromatic amines is 1. The van der Waals surface area contributed by atoms with Gasteiger partial charge in [0, 0.05) is 17.1 Å². The molecule has 27 heavy (non-hydrogen) atoms. The molecule has 5 heteroatoms. The number of furan rings is 1. The average molecular weight is 360 g/mol. The van der Waals surface area contributed by atoms with Gasteiger partial charge in [-0.25, -0.2) is 0 Å². The lowest BCUT2D eigenvalue weighted by atomic mass is 9.95. The van der Waals surface area contributed by atoms with Crippen molar-refractivity contribution < 1.29 is 13.9 Å². The van der Waals surface area contributed by atoms with Crippen LogP contribution in [0.15, 0.2) is 47.1 Å². The molecule has 5 nitrogen and oxygen atoms in total. The van der Waals surface area contributed by atoms with Gasteiger partial charge in [-0.05, 0) is 55.7 Å². The summed E-state index contributed by atoms with van der Waals surface area (Å²) in [6, 6.07) is 9.54. The molecule has 4 aromatic rings. The molecule has 0 spiro atoms. The zero-order valence-electron chi connectivity index (χ0n) is 15.7. The second kappa shape index (κ2) is 6.43. The molecule has 1 N–H and O–H groups in total. The minimum absolute atomic E-state index is 0.102. The quantitative estimate of drug-likeness (QED) is 0.521. The minimum atomic E-state index is -0.102. The molecule has 0 radical (unpaired) electrons. The van der Waals surface area contributed by atoms with E-state index in [0.717, 1.165) is 27.6 Å². The first kappa shape index (κ1) is 17.1. The highest BCUT2D eigenvalue weighted by atomic mass is 16.5. The van der Waals surface area contributed by atoms with Crippen LogP contribution in [0.5, 0.6) is 5.75 Å². The van der Waals surface area contributed by atoms with Gasteiger partial charge in [-0.1, -0.05) is 12.1 Å². The highest BCUT2D eigenvalue weighted by molar-refractivity contribution is 6.19. The summed E-state index contributed by atoms with van der Waals surface area (Å²) >= 11 is 0. The van der Waals surface area contributed by atoms with Crippen LogP contribution in [0.2, 0.25) is 0 Å². The Labute approximate surface area is 157 Å². The maximum atomic E-state index is 13.5. The van der Waals surface area contributed by atoms with Crippen molar-refractivity contribution in [1.82, 2.24) is 10.2 Å². The Hall–Kier alpha value is -3.34. The van der Waals surface area contributed by atoms with Crippen molar-refractivity contribution in [3.63, 3.8) is 0 Å². The predicted molar refractivity (Wildman–Crippen MR) is 104 cm³/mol. The van der Waals surface area contributed by atoms with Crippen molar-refractivity contribution in [1.29, 1.82) is 0 Å². The number of rotatable bonds is 4. The van der Waals surface area contributed by atoms with Crippen LogP contribution in [0.4, 0.5) is 0 Å². The monoisotopic (exact) mass is 360 g/mol. The lowest BCUT2D eigenvalue weighted by Gasteiger charge is -2.10. The Bertz CT molecular complexity index is 1150. The predicted octanol–water partition coefficient (Wildman–Crippen LogP) is 4.99. The van der Waals surface area contributed by atoms with Gasteiger partial charge in [-0.2, -0.15) is 5.10 Å². The van der Waals surface area contributed by atoms with E-state index in [1.54, 1.807) is 25.6 Å².